The van der Waals surface area contributed by atoms with E-state index in [0.29, 0.717) is 17.9 Å². The van der Waals surface area contributed by atoms with Gasteiger partial charge in [-0.3, -0.25) is 9.59 Å². The van der Waals surface area contributed by atoms with E-state index in [1.54, 1.807) is 7.05 Å². The molecular formula is C16H23ClN2O2. The number of carbonyl (C=O) groups excluding carboxylic acids is 2. The number of benzene rings is 1. The lowest BCUT2D eigenvalue weighted by molar-refractivity contribution is -0.135. The van der Waals surface area contributed by atoms with Crippen molar-refractivity contribution >= 4 is 23.4 Å². The second-order valence-corrected chi connectivity index (χ2v) is 6.61. The molecule has 5 heteroatoms. The number of rotatable bonds is 5. The van der Waals surface area contributed by atoms with Gasteiger partial charge in [0.1, 0.15) is 0 Å². The minimum absolute atomic E-state index is 0.0472. The monoisotopic (exact) mass is 310 g/mol. The van der Waals surface area contributed by atoms with Crippen molar-refractivity contribution in [2.45, 2.75) is 39.2 Å². The Hall–Kier alpha value is -1.55. The molecule has 1 N–H and O–H groups in total. The van der Waals surface area contributed by atoms with E-state index >= 15 is 0 Å². The fourth-order valence-electron chi connectivity index (χ4n) is 1.85. The number of carbonyl (C=O) groups is 2. The van der Waals surface area contributed by atoms with Crippen LogP contribution in [0.25, 0.3) is 0 Å². The molecule has 0 aromatic heterocycles. The Kier molecular flexibility index (Phi) is 6.21. The number of hydrogen-bond acceptors (Lipinski definition) is 2. The van der Waals surface area contributed by atoms with Crippen LogP contribution in [0.15, 0.2) is 24.3 Å². The van der Waals surface area contributed by atoms with Gasteiger partial charge in [0, 0.05) is 24.0 Å². The van der Waals surface area contributed by atoms with Crippen LogP contribution < -0.4 is 5.32 Å². The van der Waals surface area contributed by atoms with Gasteiger partial charge in [-0.15, -0.1) is 0 Å². The molecule has 0 atom stereocenters. The van der Waals surface area contributed by atoms with Gasteiger partial charge in [-0.05, 0) is 44.9 Å². The van der Waals surface area contributed by atoms with E-state index in [4.69, 9.17) is 11.6 Å². The molecule has 1 aromatic carbocycles. The van der Waals surface area contributed by atoms with E-state index in [1.807, 2.05) is 45.0 Å². The first-order valence-electron chi connectivity index (χ1n) is 6.97. The maximum atomic E-state index is 12.0. The highest BCUT2D eigenvalue weighted by molar-refractivity contribution is 6.30. The van der Waals surface area contributed by atoms with Gasteiger partial charge in [-0.25, -0.2) is 0 Å². The Bertz CT molecular complexity index is 492. The van der Waals surface area contributed by atoms with Crippen LogP contribution in [-0.4, -0.2) is 35.8 Å². The van der Waals surface area contributed by atoms with Gasteiger partial charge in [0.05, 0.1) is 6.54 Å². The van der Waals surface area contributed by atoms with E-state index in [2.05, 4.69) is 5.32 Å². The lowest BCUT2D eigenvalue weighted by atomic mass is 10.1. The number of likely N-dealkylation sites (N-methyl/N-ethyl adjacent to an activating group) is 1. The average molecular weight is 311 g/mol. The number of hydrogen-bond donors (Lipinski definition) is 1. The molecule has 0 aliphatic heterocycles. The summed E-state index contributed by atoms with van der Waals surface area (Å²) in [6.45, 7) is 5.81. The molecule has 2 amide bonds. The summed E-state index contributed by atoms with van der Waals surface area (Å²) >= 11 is 5.82. The number of aryl methyl sites for hydroxylation is 1. The molecule has 0 unspecified atom stereocenters. The molecule has 116 valence electrons. The molecule has 0 spiro atoms. The number of nitrogens with one attached hydrogen (secondary N) is 1. The lowest BCUT2D eigenvalue weighted by Gasteiger charge is -2.23. The summed E-state index contributed by atoms with van der Waals surface area (Å²) in [7, 11) is 1.65. The van der Waals surface area contributed by atoms with Crippen LogP contribution in [0.5, 0.6) is 0 Å². The maximum Gasteiger partial charge on any atom is 0.240 e. The van der Waals surface area contributed by atoms with Crippen LogP contribution in [0.2, 0.25) is 5.02 Å². The molecule has 21 heavy (non-hydrogen) atoms. The van der Waals surface area contributed by atoms with Gasteiger partial charge in [-0.2, -0.15) is 0 Å². The van der Waals surface area contributed by atoms with E-state index in [-0.39, 0.29) is 23.9 Å². The van der Waals surface area contributed by atoms with Crippen LogP contribution in [0.1, 0.15) is 32.8 Å². The molecule has 0 fully saturated rings. The second kappa shape index (κ2) is 7.46. The summed E-state index contributed by atoms with van der Waals surface area (Å²) in [5, 5.41) is 3.52. The minimum atomic E-state index is -0.287. The normalized spacial score (nSPS) is 11.1. The number of halogens is 1. The number of nitrogens with zero attached hydrogens (tertiary/aromatic N) is 1. The van der Waals surface area contributed by atoms with Gasteiger partial charge < -0.3 is 10.2 Å². The molecule has 4 nitrogen and oxygen atoms in total. The fourth-order valence-corrected chi connectivity index (χ4v) is 1.98. The Morgan fingerprint density at radius 1 is 1.19 bits per heavy atom. The molecule has 0 heterocycles. The first-order valence-corrected chi connectivity index (χ1v) is 7.34. The molecular weight excluding hydrogens is 288 g/mol. The van der Waals surface area contributed by atoms with Crippen LogP contribution in [0.4, 0.5) is 0 Å². The largest absolute Gasteiger partial charge is 0.350 e. The molecule has 0 bridgehead atoms. The third kappa shape index (κ3) is 7.14. The Balaban J connectivity index is 2.40. The highest BCUT2D eigenvalue weighted by atomic mass is 35.5. The zero-order valence-corrected chi connectivity index (χ0v) is 13.8. The van der Waals surface area contributed by atoms with E-state index < -0.39 is 0 Å². The number of amides is 2. The van der Waals surface area contributed by atoms with Crippen molar-refractivity contribution < 1.29 is 9.59 Å². The Morgan fingerprint density at radius 2 is 1.76 bits per heavy atom. The summed E-state index contributed by atoms with van der Waals surface area (Å²) < 4.78 is 0. The molecule has 0 radical (unpaired) electrons. The zero-order valence-electron chi connectivity index (χ0n) is 13.1. The first kappa shape index (κ1) is 17.5. The molecule has 1 rings (SSSR count). The molecule has 0 aliphatic rings. The highest BCUT2D eigenvalue weighted by Crippen LogP contribution is 2.11. The van der Waals surface area contributed by atoms with Gasteiger partial charge in [-0.1, -0.05) is 23.7 Å². The topological polar surface area (TPSA) is 49.4 Å². The standard InChI is InChI=1S/C16H23ClN2O2/c1-16(2,3)18-14(20)11-19(4)15(21)10-7-12-5-8-13(17)9-6-12/h5-6,8-9H,7,10-11H2,1-4H3,(H,18,20). The highest BCUT2D eigenvalue weighted by Gasteiger charge is 2.17. The van der Waals surface area contributed by atoms with Crippen molar-refractivity contribution in [3.63, 3.8) is 0 Å². The van der Waals surface area contributed by atoms with Crippen molar-refractivity contribution in [1.82, 2.24) is 10.2 Å². The molecule has 0 saturated carbocycles. The Morgan fingerprint density at radius 3 is 2.29 bits per heavy atom. The van der Waals surface area contributed by atoms with Crippen molar-refractivity contribution in [3.05, 3.63) is 34.9 Å². The average Bonchev–Trinajstić information content (AvgIpc) is 2.35. The van der Waals surface area contributed by atoms with Crippen molar-refractivity contribution in [2.75, 3.05) is 13.6 Å². The molecule has 0 aliphatic carbocycles. The summed E-state index contributed by atoms with van der Waals surface area (Å²) in [5.41, 5.74) is 0.768. The van der Waals surface area contributed by atoms with Crippen LogP contribution in [0, 0.1) is 0 Å². The van der Waals surface area contributed by atoms with E-state index in [1.165, 1.54) is 4.90 Å². The zero-order chi connectivity index (χ0) is 16.0. The van der Waals surface area contributed by atoms with E-state index in [9.17, 15) is 9.59 Å². The van der Waals surface area contributed by atoms with Crippen molar-refractivity contribution in [1.29, 1.82) is 0 Å². The summed E-state index contributed by atoms with van der Waals surface area (Å²) in [5.74, 6) is -0.196. The molecule has 0 saturated heterocycles. The predicted molar refractivity (Wildman–Crippen MR) is 85.3 cm³/mol. The maximum absolute atomic E-state index is 12.0. The van der Waals surface area contributed by atoms with Crippen LogP contribution in [0.3, 0.4) is 0 Å². The van der Waals surface area contributed by atoms with Crippen LogP contribution in [-0.2, 0) is 16.0 Å². The summed E-state index contributed by atoms with van der Waals surface area (Å²) in [4.78, 5) is 25.2. The Labute approximate surface area is 131 Å². The predicted octanol–water partition coefficient (Wildman–Crippen LogP) is 2.65. The van der Waals surface area contributed by atoms with Gasteiger partial charge >= 0.3 is 0 Å². The van der Waals surface area contributed by atoms with Crippen molar-refractivity contribution in [3.8, 4) is 0 Å². The SMILES string of the molecule is CN(CC(=O)NC(C)(C)C)C(=O)CCc1ccc(Cl)cc1. The van der Waals surface area contributed by atoms with Gasteiger partial charge in [0.15, 0.2) is 0 Å². The first-order chi connectivity index (χ1) is 9.67. The summed E-state index contributed by atoms with van der Waals surface area (Å²) in [6.07, 6.45) is 1.02. The summed E-state index contributed by atoms with van der Waals surface area (Å²) in [6, 6.07) is 7.42. The van der Waals surface area contributed by atoms with Gasteiger partial charge in [0.2, 0.25) is 11.8 Å². The quantitative estimate of drug-likeness (QED) is 0.909. The van der Waals surface area contributed by atoms with E-state index in [0.717, 1.165) is 5.56 Å². The molecule has 1 aromatic rings. The third-order valence-corrected chi connectivity index (χ3v) is 3.11. The van der Waals surface area contributed by atoms with Gasteiger partial charge in [0.25, 0.3) is 0 Å². The second-order valence-electron chi connectivity index (χ2n) is 6.17. The smallest absolute Gasteiger partial charge is 0.240 e. The minimum Gasteiger partial charge on any atom is -0.350 e. The third-order valence-electron chi connectivity index (χ3n) is 2.86. The lowest BCUT2D eigenvalue weighted by Crippen LogP contribution is -2.46. The van der Waals surface area contributed by atoms with Crippen LogP contribution >= 0.6 is 11.6 Å². The van der Waals surface area contributed by atoms with Crippen molar-refractivity contribution in [2.24, 2.45) is 0 Å². The fraction of sp³-hybridized carbons (Fsp3) is 0.500.